The minimum atomic E-state index is -3.22. The first-order valence-corrected chi connectivity index (χ1v) is 8.80. The van der Waals surface area contributed by atoms with Gasteiger partial charge in [0.15, 0.2) is 9.84 Å². The van der Waals surface area contributed by atoms with Crippen LogP contribution in [-0.2, 0) is 25.8 Å². The molecule has 0 aromatic heterocycles. The minimum Gasteiger partial charge on any atom is -0.481 e. The molecule has 0 radical (unpaired) electrons. The smallest absolute Gasteiger partial charge is 0.303 e. The Morgan fingerprint density at radius 1 is 1.14 bits per heavy atom. The zero-order valence-corrected chi connectivity index (χ0v) is 13.4. The molecule has 0 atom stereocenters. The van der Waals surface area contributed by atoms with Gasteiger partial charge >= 0.3 is 5.97 Å². The van der Waals surface area contributed by atoms with E-state index in [2.05, 4.69) is 5.32 Å². The fraction of sp³-hybridized carbons (Fsp3) is 0.467. The molecule has 1 rings (SSSR count). The summed E-state index contributed by atoms with van der Waals surface area (Å²) in [6.07, 6.45) is 1.42. The zero-order valence-electron chi connectivity index (χ0n) is 12.5. The lowest BCUT2D eigenvalue weighted by Crippen LogP contribution is -2.26. The fourth-order valence-electron chi connectivity index (χ4n) is 1.86. The molecule has 122 valence electrons. The van der Waals surface area contributed by atoms with Gasteiger partial charge in [-0.1, -0.05) is 19.1 Å². The number of carboxylic acids is 1. The number of unbranched alkanes of at least 4 members (excludes halogenated alkanes) is 1. The maximum atomic E-state index is 11.7. The van der Waals surface area contributed by atoms with E-state index in [-0.39, 0.29) is 29.4 Å². The fourth-order valence-corrected chi connectivity index (χ4v) is 2.74. The molecule has 0 saturated carbocycles. The van der Waals surface area contributed by atoms with E-state index in [0.29, 0.717) is 19.4 Å². The number of rotatable bonds is 9. The molecule has 1 aromatic carbocycles. The SMILES string of the molecule is CCS(=O)(=O)c1ccc(CC(=O)NCCCCC(=O)O)cc1. The van der Waals surface area contributed by atoms with Gasteiger partial charge in [-0.15, -0.1) is 0 Å². The molecule has 7 heteroatoms. The van der Waals surface area contributed by atoms with Crippen molar-refractivity contribution >= 4 is 21.7 Å². The van der Waals surface area contributed by atoms with Gasteiger partial charge in [0.05, 0.1) is 17.1 Å². The highest BCUT2D eigenvalue weighted by Gasteiger charge is 2.11. The summed E-state index contributed by atoms with van der Waals surface area (Å²) in [4.78, 5) is 22.3. The van der Waals surface area contributed by atoms with Crippen LogP contribution in [0, 0.1) is 0 Å². The number of aliphatic carboxylic acids is 1. The molecule has 0 fully saturated rings. The zero-order chi connectivity index (χ0) is 16.6. The Balaban J connectivity index is 2.40. The largest absolute Gasteiger partial charge is 0.481 e. The highest BCUT2D eigenvalue weighted by atomic mass is 32.2. The van der Waals surface area contributed by atoms with Crippen molar-refractivity contribution in [2.24, 2.45) is 0 Å². The molecular weight excluding hydrogens is 306 g/mol. The summed E-state index contributed by atoms with van der Waals surface area (Å²) in [5, 5.41) is 11.2. The van der Waals surface area contributed by atoms with Gasteiger partial charge in [0, 0.05) is 13.0 Å². The molecule has 1 aromatic rings. The Hall–Kier alpha value is -1.89. The number of benzene rings is 1. The molecule has 0 unspecified atom stereocenters. The van der Waals surface area contributed by atoms with Crippen molar-refractivity contribution in [2.75, 3.05) is 12.3 Å². The summed E-state index contributed by atoms with van der Waals surface area (Å²) in [6.45, 7) is 2.02. The predicted molar refractivity (Wildman–Crippen MR) is 82.4 cm³/mol. The standard InChI is InChI=1S/C15H21NO5S/c1-2-22(20,21)13-8-6-12(7-9-13)11-14(17)16-10-4-3-5-15(18)19/h6-9H,2-5,10-11H2,1H3,(H,16,17)(H,18,19). The second kappa shape index (κ2) is 8.53. The highest BCUT2D eigenvalue weighted by Crippen LogP contribution is 2.12. The van der Waals surface area contributed by atoms with Crippen LogP contribution in [0.3, 0.4) is 0 Å². The molecule has 0 aliphatic rings. The third kappa shape index (κ3) is 6.26. The van der Waals surface area contributed by atoms with Crippen LogP contribution >= 0.6 is 0 Å². The molecule has 0 aliphatic carbocycles. The summed E-state index contributed by atoms with van der Waals surface area (Å²) >= 11 is 0. The van der Waals surface area contributed by atoms with Gasteiger partial charge in [0.2, 0.25) is 5.91 Å². The molecule has 0 heterocycles. The van der Waals surface area contributed by atoms with E-state index in [4.69, 9.17) is 5.11 Å². The Labute approximate surface area is 130 Å². The second-order valence-electron chi connectivity index (χ2n) is 4.92. The summed E-state index contributed by atoms with van der Waals surface area (Å²) in [7, 11) is -3.22. The molecular formula is C15H21NO5S. The summed E-state index contributed by atoms with van der Waals surface area (Å²) in [5.41, 5.74) is 0.734. The molecule has 22 heavy (non-hydrogen) atoms. The number of nitrogens with one attached hydrogen (secondary N) is 1. The van der Waals surface area contributed by atoms with Gasteiger partial charge in [0.1, 0.15) is 0 Å². The van der Waals surface area contributed by atoms with E-state index in [1.807, 2.05) is 0 Å². The van der Waals surface area contributed by atoms with Gasteiger partial charge in [-0.05, 0) is 30.5 Å². The van der Waals surface area contributed by atoms with E-state index < -0.39 is 15.8 Å². The summed E-state index contributed by atoms with van der Waals surface area (Å²) in [6, 6.07) is 6.28. The van der Waals surface area contributed by atoms with Crippen LogP contribution in [0.1, 0.15) is 31.7 Å². The maximum Gasteiger partial charge on any atom is 0.303 e. The Morgan fingerprint density at radius 3 is 2.32 bits per heavy atom. The van der Waals surface area contributed by atoms with Crippen molar-refractivity contribution in [1.29, 1.82) is 0 Å². The first-order valence-electron chi connectivity index (χ1n) is 7.15. The van der Waals surface area contributed by atoms with Crippen LogP contribution < -0.4 is 5.32 Å². The lowest BCUT2D eigenvalue weighted by molar-refractivity contribution is -0.137. The van der Waals surface area contributed by atoms with Crippen molar-refractivity contribution in [3.63, 3.8) is 0 Å². The number of carboxylic acid groups (broad SMARTS) is 1. The number of amides is 1. The van der Waals surface area contributed by atoms with Gasteiger partial charge in [-0.3, -0.25) is 9.59 Å². The third-order valence-electron chi connectivity index (χ3n) is 3.17. The van der Waals surface area contributed by atoms with Crippen LogP contribution in [0.15, 0.2) is 29.2 Å². The lowest BCUT2D eigenvalue weighted by Gasteiger charge is -2.06. The Morgan fingerprint density at radius 2 is 1.77 bits per heavy atom. The van der Waals surface area contributed by atoms with Crippen molar-refractivity contribution in [3.05, 3.63) is 29.8 Å². The van der Waals surface area contributed by atoms with Crippen LogP contribution in [0.4, 0.5) is 0 Å². The molecule has 0 spiro atoms. The Kier molecular flexibility index (Phi) is 7.04. The number of hydrogen-bond acceptors (Lipinski definition) is 4. The summed E-state index contributed by atoms with van der Waals surface area (Å²) < 4.78 is 23.3. The van der Waals surface area contributed by atoms with Gasteiger partial charge in [-0.25, -0.2) is 8.42 Å². The first-order chi connectivity index (χ1) is 10.3. The van der Waals surface area contributed by atoms with E-state index in [1.54, 1.807) is 19.1 Å². The average Bonchev–Trinajstić information content (AvgIpc) is 2.47. The van der Waals surface area contributed by atoms with Gasteiger partial charge in [0.25, 0.3) is 0 Å². The van der Waals surface area contributed by atoms with Crippen molar-refractivity contribution in [2.45, 2.75) is 37.5 Å². The van der Waals surface area contributed by atoms with Crippen molar-refractivity contribution in [1.82, 2.24) is 5.32 Å². The monoisotopic (exact) mass is 327 g/mol. The molecule has 1 amide bonds. The quantitative estimate of drug-likeness (QED) is 0.668. The first kappa shape index (κ1) is 18.2. The minimum absolute atomic E-state index is 0.0448. The van der Waals surface area contributed by atoms with Crippen molar-refractivity contribution < 1.29 is 23.1 Å². The Bertz CT molecular complexity index is 607. The van der Waals surface area contributed by atoms with E-state index in [1.165, 1.54) is 12.1 Å². The van der Waals surface area contributed by atoms with Gasteiger partial charge in [-0.2, -0.15) is 0 Å². The van der Waals surface area contributed by atoms with Crippen LogP contribution in [0.5, 0.6) is 0 Å². The van der Waals surface area contributed by atoms with Gasteiger partial charge < -0.3 is 10.4 Å². The van der Waals surface area contributed by atoms with E-state index in [9.17, 15) is 18.0 Å². The number of hydrogen-bond donors (Lipinski definition) is 2. The lowest BCUT2D eigenvalue weighted by atomic mass is 10.1. The highest BCUT2D eigenvalue weighted by molar-refractivity contribution is 7.91. The van der Waals surface area contributed by atoms with Crippen LogP contribution in [0.2, 0.25) is 0 Å². The molecule has 0 bridgehead atoms. The topological polar surface area (TPSA) is 101 Å². The van der Waals surface area contributed by atoms with Crippen LogP contribution in [0.25, 0.3) is 0 Å². The number of carbonyl (C=O) groups is 2. The molecule has 0 saturated heterocycles. The third-order valence-corrected chi connectivity index (χ3v) is 4.92. The van der Waals surface area contributed by atoms with Crippen molar-refractivity contribution in [3.8, 4) is 0 Å². The van der Waals surface area contributed by atoms with Crippen LogP contribution in [-0.4, -0.2) is 37.7 Å². The average molecular weight is 327 g/mol. The molecule has 6 nitrogen and oxygen atoms in total. The molecule has 0 aliphatic heterocycles. The maximum absolute atomic E-state index is 11.7. The second-order valence-corrected chi connectivity index (χ2v) is 7.20. The predicted octanol–water partition coefficient (Wildman–Crippen LogP) is 1.39. The van der Waals surface area contributed by atoms with E-state index >= 15 is 0 Å². The molecule has 2 N–H and O–H groups in total. The number of carbonyl (C=O) groups excluding carboxylic acids is 1. The van der Waals surface area contributed by atoms with E-state index in [0.717, 1.165) is 5.56 Å². The number of sulfone groups is 1. The normalized spacial score (nSPS) is 11.1. The summed E-state index contributed by atoms with van der Waals surface area (Å²) in [5.74, 6) is -0.960.